The molecule has 0 fully saturated rings. The van der Waals surface area contributed by atoms with Gasteiger partial charge in [0.15, 0.2) is 0 Å². The van der Waals surface area contributed by atoms with Gasteiger partial charge in [-0.1, -0.05) is 12.1 Å². The molecular formula is C10H6NO2S. The van der Waals surface area contributed by atoms with E-state index in [1.54, 1.807) is 18.2 Å². The molecule has 0 saturated carbocycles. The Morgan fingerprint density at radius 1 is 1.29 bits per heavy atom. The average Bonchev–Trinajstić information content (AvgIpc) is 2.70. The molecule has 2 aromatic rings. The lowest BCUT2D eigenvalue weighted by Crippen LogP contribution is -1.90. The van der Waals surface area contributed by atoms with Crippen LogP contribution in [-0.4, -0.2) is 4.92 Å². The summed E-state index contributed by atoms with van der Waals surface area (Å²) < 4.78 is 0. The fourth-order valence-electron chi connectivity index (χ4n) is 1.24. The number of nitro benzene ring substituents is 1. The van der Waals surface area contributed by atoms with E-state index in [-0.39, 0.29) is 10.6 Å². The Hall–Kier alpha value is -1.68. The molecule has 1 radical (unpaired) electrons. The quantitative estimate of drug-likeness (QED) is 0.557. The number of hydrogen-bond acceptors (Lipinski definition) is 3. The minimum atomic E-state index is -0.374. The molecule has 0 aliphatic heterocycles. The maximum atomic E-state index is 10.7. The molecule has 4 heteroatoms. The van der Waals surface area contributed by atoms with Crippen LogP contribution in [0.3, 0.4) is 0 Å². The number of nitro groups is 1. The Balaban J connectivity index is 2.58. The normalized spacial score (nSPS) is 10.0. The van der Waals surface area contributed by atoms with Crippen molar-refractivity contribution < 1.29 is 4.92 Å². The Bertz CT molecular complexity index is 451. The summed E-state index contributed by atoms with van der Waals surface area (Å²) >= 11 is 1.41. The van der Waals surface area contributed by atoms with E-state index < -0.39 is 0 Å². The molecule has 1 aromatic carbocycles. The molecule has 0 bridgehead atoms. The van der Waals surface area contributed by atoms with Crippen LogP contribution in [-0.2, 0) is 0 Å². The van der Waals surface area contributed by atoms with E-state index in [4.69, 9.17) is 0 Å². The van der Waals surface area contributed by atoms with Gasteiger partial charge in [0.2, 0.25) is 0 Å². The number of nitrogens with zero attached hydrogens (tertiary/aromatic N) is 1. The zero-order chi connectivity index (χ0) is 9.97. The van der Waals surface area contributed by atoms with E-state index in [1.807, 2.05) is 11.4 Å². The third-order valence-corrected chi connectivity index (χ3v) is 2.47. The van der Waals surface area contributed by atoms with Crippen molar-refractivity contribution in [2.24, 2.45) is 0 Å². The molecule has 1 aromatic heterocycles. The van der Waals surface area contributed by atoms with E-state index in [1.165, 1.54) is 17.4 Å². The maximum Gasteiger partial charge on any atom is 0.277 e. The fraction of sp³-hybridized carbons (Fsp3) is 0. The number of rotatable bonds is 2. The van der Waals surface area contributed by atoms with Crippen molar-refractivity contribution in [3.8, 4) is 11.1 Å². The Kier molecular flexibility index (Phi) is 2.28. The third kappa shape index (κ3) is 1.52. The molecular weight excluding hydrogens is 198 g/mol. The van der Waals surface area contributed by atoms with Crippen LogP contribution in [0.25, 0.3) is 11.1 Å². The van der Waals surface area contributed by atoms with E-state index in [2.05, 4.69) is 5.38 Å². The standard InChI is InChI=1S/C10H6NO2S/c12-11(13)10-4-2-1-3-9(10)8-5-6-14-7-8/h1-6H. The summed E-state index contributed by atoms with van der Waals surface area (Å²) in [6.45, 7) is 0. The van der Waals surface area contributed by atoms with Gasteiger partial charge < -0.3 is 0 Å². The Morgan fingerprint density at radius 3 is 2.71 bits per heavy atom. The van der Waals surface area contributed by atoms with Gasteiger partial charge in [-0.2, -0.15) is 0 Å². The molecule has 1 heterocycles. The van der Waals surface area contributed by atoms with Gasteiger partial charge in [-0.25, -0.2) is 0 Å². The molecule has 69 valence electrons. The SMILES string of the molecule is O=[N+]([O-])c1ccccc1-c1[c]scc1. The number of benzene rings is 1. The number of para-hydroxylation sites is 1. The van der Waals surface area contributed by atoms with Gasteiger partial charge in [0, 0.05) is 11.6 Å². The zero-order valence-corrected chi connectivity index (χ0v) is 7.95. The van der Waals surface area contributed by atoms with Crippen LogP contribution >= 0.6 is 11.3 Å². The molecule has 0 atom stereocenters. The molecule has 0 N–H and O–H groups in total. The van der Waals surface area contributed by atoms with Gasteiger partial charge in [-0.3, -0.25) is 10.1 Å². The summed E-state index contributed by atoms with van der Waals surface area (Å²) in [6.07, 6.45) is 0. The van der Waals surface area contributed by atoms with Crippen molar-refractivity contribution >= 4 is 17.0 Å². The molecule has 0 aliphatic rings. The predicted molar refractivity (Wildman–Crippen MR) is 55.2 cm³/mol. The fourth-order valence-corrected chi connectivity index (χ4v) is 1.82. The minimum Gasteiger partial charge on any atom is -0.258 e. The van der Waals surface area contributed by atoms with Crippen LogP contribution in [0.15, 0.2) is 35.7 Å². The average molecular weight is 204 g/mol. The van der Waals surface area contributed by atoms with E-state index in [0.717, 1.165) is 5.56 Å². The van der Waals surface area contributed by atoms with Gasteiger partial charge in [0.25, 0.3) is 5.69 Å². The highest BCUT2D eigenvalue weighted by molar-refractivity contribution is 7.07. The van der Waals surface area contributed by atoms with Crippen molar-refractivity contribution in [2.45, 2.75) is 0 Å². The lowest BCUT2D eigenvalue weighted by molar-refractivity contribution is -0.384. The Morgan fingerprint density at radius 2 is 2.07 bits per heavy atom. The van der Waals surface area contributed by atoms with Crippen LogP contribution in [0.2, 0.25) is 0 Å². The van der Waals surface area contributed by atoms with E-state index >= 15 is 0 Å². The molecule has 0 amide bonds. The molecule has 0 aliphatic carbocycles. The van der Waals surface area contributed by atoms with Gasteiger partial charge >= 0.3 is 0 Å². The van der Waals surface area contributed by atoms with E-state index in [0.29, 0.717) is 5.56 Å². The predicted octanol–water partition coefficient (Wildman–Crippen LogP) is 3.12. The minimum absolute atomic E-state index is 0.127. The lowest BCUT2D eigenvalue weighted by Gasteiger charge is -1.98. The van der Waals surface area contributed by atoms with E-state index in [9.17, 15) is 10.1 Å². The van der Waals surface area contributed by atoms with Crippen molar-refractivity contribution in [1.82, 2.24) is 0 Å². The van der Waals surface area contributed by atoms with Crippen molar-refractivity contribution in [2.75, 3.05) is 0 Å². The Labute approximate surface area is 84.8 Å². The second kappa shape index (κ2) is 3.59. The second-order valence-electron chi connectivity index (χ2n) is 2.71. The van der Waals surface area contributed by atoms with Crippen molar-refractivity contribution in [1.29, 1.82) is 0 Å². The summed E-state index contributed by atoms with van der Waals surface area (Å²) in [4.78, 5) is 10.3. The molecule has 14 heavy (non-hydrogen) atoms. The second-order valence-corrected chi connectivity index (χ2v) is 3.42. The highest BCUT2D eigenvalue weighted by atomic mass is 32.1. The van der Waals surface area contributed by atoms with Crippen LogP contribution < -0.4 is 0 Å². The van der Waals surface area contributed by atoms with Crippen LogP contribution in [0, 0.1) is 15.5 Å². The summed E-state index contributed by atoms with van der Waals surface area (Å²) in [5.74, 6) is 0. The summed E-state index contributed by atoms with van der Waals surface area (Å²) in [5.41, 5.74) is 1.53. The maximum absolute atomic E-state index is 10.7. The third-order valence-electron chi connectivity index (χ3n) is 1.86. The first-order valence-electron chi connectivity index (χ1n) is 3.98. The van der Waals surface area contributed by atoms with Crippen LogP contribution in [0.5, 0.6) is 0 Å². The summed E-state index contributed by atoms with van der Waals surface area (Å²) in [5, 5.41) is 15.6. The van der Waals surface area contributed by atoms with Gasteiger partial charge in [0.1, 0.15) is 0 Å². The highest BCUT2D eigenvalue weighted by Gasteiger charge is 2.13. The summed E-state index contributed by atoms with van der Waals surface area (Å²) in [6, 6.07) is 8.51. The smallest absolute Gasteiger partial charge is 0.258 e. The monoisotopic (exact) mass is 204 g/mol. The molecule has 0 spiro atoms. The summed E-state index contributed by atoms with van der Waals surface area (Å²) in [7, 11) is 0. The first kappa shape index (κ1) is 8.90. The molecule has 3 nitrogen and oxygen atoms in total. The van der Waals surface area contributed by atoms with Crippen molar-refractivity contribution in [3.63, 3.8) is 0 Å². The first-order chi connectivity index (χ1) is 6.79. The first-order valence-corrected chi connectivity index (χ1v) is 4.86. The van der Waals surface area contributed by atoms with Gasteiger partial charge in [-0.05, 0) is 17.5 Å². The molecule has 0 saturated heterocycles. The van der Waals surface area contributed by atoms with Gasteiger partial charge in [0.05, 0.1) is 15.9 Å². The molecule has 0 unspecified atom stereocenters. The topological polar surface area (TPSA) is 43.1 Å². The van der Waals surface area contributed by atoms with Crippen LogP contribution in [0.1, 0.15) is 0 Å². The number of thiophene rings is 1. The number of hydrogen-bond donors (Lipinski definition) is 0. The van der Waals surface area contributed by atoms with Crippen molar-refractivity contribution in [3.05, 3.63) is 51.2 Å². The lowest BCUT2D eigenvalue weighted by atomic mass is 10.1. The highest BCUT2D eigenvalue weighted by Crippen LogP contribution is 2.30. The van der Waals surface area contributed by atoms with Gasteiger partial charge in [-0.15, -0.1) is 11.3 Å². The largest absolute Gasteiger partial charge is 0.277 e. The zero-order valence-electron chi connectivity index (χ0n) is 7.14. The molecule has 2 rings (SSSR count). The van der Waals surface area contributed by atoms with Crippen LogP contribution in [0.4, 0.5) is 5.69 Å².